The van der Waals surface area contributed by atoms with E-state index in [1.165, 1.54) is 11.8 Å². The van der Waals surface area contributed by atoms with Gasteiger partial charge in [0.05, 0.1) is 28.1 Å². The normalized spacial score (nSPS) is 18.5. The minimum Gasteiger partial charge on any atom is -0.351 e. The molecule has 1 amide bonds. The first-order valence-corrected chi connectivity index (χ1v) is 13.1. The van der Waals surface area contributed by atoms with Crippen molar-refractivity contribution < 1.29 is 13.2 Å². The highest BCUT2D eigenvalue weighted by atomic mass is 32.2. The van der Waals surface area contributed by atoms with E-state index in [1.807, 2.05) is 78.5 Å². The van der Waals surface area contributed by atoms with Gasteiger partial charge in [-0.25, -0.2) is 13.1 Å². The summed E-state index contributed by atoms with van der Waals surface area (Å²) in [7, 11) is -3.01. The zero-order chi connectivity index (χ0) is 21.8. The van der Waals surface area contributed by atoms with Crippen molar-refractivity contribution in [2.75, 3.05) is 11.5 Å². The van der Waals surface area contributed by atoms with Crippen molar-refractivity contribution >= 4 is 27.5 Å². The van der Waals surface area contributed by atoms with Crippen molar-refractivity contribution in [2.45, 2.75) is 30.4 Å². The van der Waals surface area contributed by atoms with Crippen LogP contribution in [0.4, 0.5) is 0 Å². The van der Waals surface area contributed by atoms with Gasteiger partial charge in [-0.3, -0.25) is 4.79 Å². The van der Waals surface area contributed by atoms with Crippen molar-refractivity contribution in [3.05, 3.63) is 72.4 Å². The molecule has 0 spiro atoms. The molecule has 1 aromatic heterocycles. The summed E-state index contributed by atoms with van der Waals surface area (Å²) in [4.78, 5) is 12.6. The molecule has 0 aliphatic carbocycles. The lowest BCUT2D eigenvalue weighted by molar-refractivity contribution is -0.120. The molecule has 2 heterocycles. The molecule has 2 aromatic carbocycles. The van der Waals surface area contributed by atoms with Crippen molar-refractivity contribution in [2.24, 2.45) is 0 Å². The molecule has 8 heteroatoms. The molecule has 2 atom stereocenters. The number of carbonyl (C=O) groups is 1. The number of thioether (sulfide) groups is 1. The number of amides is 1. The van der Waals surface area contributed by atoms with Gasteiger partial charge in [0.25, 0.3) is 0 Å². The van der Waals surface area contributed by atoms with Gasteiger partial charge in [0.1, 0.15) is 0 Å². The predicted octanol–water partition coefficient (Wildman–Crippen LogP) is 3.46. The van der Waals surface area contributed by atoms with E-state index in [4.69, 9.17) is 5.10 Å². The summed E-state index contributed by atoms with van der Waals surface area (Å²) in [5, 5.41) is 7.40. The maximum atomic E-state index is 12.6. The van der Waals surface area contributed by atoms with Gasteiger partial charge < -0.3 is 5.32 Å². The van der Waals surface area contributed by atoms with Crippen LogP contribution < -0.4 is 5.32 Å². The van der Waals surface area contributed by atoms with Crippen molar-refractivity contribution in [3.63, 3.8) is 0 Å². The highest BCUT2D eigenvalue weighted by molar-refractivity contribution is 7.99. The smallest absolute Gasteiger partial charge is 0.233 e. The number of nitrogens with zero attached hydrogens (tertiary/aromatic N) is 2. The van der Waals surface area contributed by atoms with E-state index >= 15 is 0 Å². The Bertz CT molecular complexity index is 1150. The summed E-state index contributed by atoms with van der Waals surface area (Å²) in [6.07, 6.45) is 2.51. The van der Waals surface area contributed by atoms with Crippen molar-refractivity contribution in [3.8, 4) is 16.9 Å². The number of benzene rings is 2. The van der Waals surface area contributed by atoms with Crippen LogP contribution in [0, 0.1) is 0 Å². The number of hydrogen-bond acceptors (Lipinski definition) is 5. The SMILES string of the molecule is CC(SCc1cn(-c2ccccc2)nc1-c1ccccc1)C(=O)NC1CCS(=O)(=O)C1. The Morgan fingerprint density at radius 3 is 2.48 bits per heavy atom. The second-order valence-electron chi connectivity index (χ2n) is 7.71. The fourth-order valence-electron chi connectivity index (χ4n) is 3.59. The average Bonchev–Trinajstić information content (AvgIpc) is 3.36. The van der Waals surface area contributed by atoms with Crippen molar-refractivity contribution in [1.82, 2.24) is 15.1 Å². The standard InChI is InChI=1S/C23H25N3O3S2/c1-17(23(27)24-20-12-13-31(28,29)16-20)30-15-19-14-26(21-10-6-3-7-11-21)25-22(19)18-8-4-2-5-9-18/h2-11,14,17,20H,12-13,15-16H2,1H3,(H,24,27). The highest BCUT2D eigenvalue weighted by Crippen LogP contribution is 2.28. The Hall–Kier alpha value is -2.58. The summed E-state index contributed by atoms with van der Waals surface area (Å²) < 4.78 is 25.1. The molecule has 162 valence electrons. The molecule has 1 aliphatic heterocycles. The quantitative estimate of drug-likeness (QED) is 0.590. The molecule has 0 radical (unpaired) electrons. The third kappa shape index (κ3) is 5.37. The highest BCUT2D eigenvalue weighted by Gasteiger charge is 2.30. The third-order valence-electron chi connectivity index (χ3n) is 5.29. The number of rotatable bonds is 7. The van der Waals surface area contributed by atoms with Gasteiger partial charge in [-0.05, 0) is 25.5 Å². The molecule has 4 rings (SSSR count). The first kappa shape index (κ1) is 21.6. The molecule has 0 bridgehead atoms. The average molecular weight is 456 g/mol. The van der Waals surface area contributed by atoms with Crippen LogP contribution >= 0.6 is 11.8 Å². The first-order valence-electron chi connectivity index (χ1n) is 10.2. The van der Waals surface area contributed by atoms with Gasteiger partial charge in [-0.1, -0.05) is 48.5 Å². The monoisotopic (exact) mass is 455 g/mol. The van der Waals surface area contributed by atoms with Crippen LogP contribution in [0.3, 0.4) is 0 Å². The summed E-state index contributed by atoms with van der Waals surface area (Å²) in [6, 6.07) is 19.7. The van der Waals surface area contributed by atoms with Crippen LogP contribution in [0.1, 0.15) is 18.9 Å². The molecule has 1 fully saturated rings. The number of aromatic nitrogens is 2. The Kier molecular flexibility index (Phi) is 6.48. The van der Waals surface area contributed by atoms with Crippen LogP contribution in [0.15, 0.2) is 66.9 Å². The molecule has 31 heavy (non-hydrogen) atoms. The molecule has 6 nitrogen and oxygen atoms in total. The van der Waals surface area contributed by atoms with Gasteiger partial charge >= 0.3 is 0 Å². The predicted molar refractivity (Wildman–Crippen MR) is 125 cm³/mol. The summed E-state index contributed by atoms with van der Waals surface area (Å²) >= 11 is 1.52. The second kappa shape index (κ2) is 9.28. The lowest BCUT2D eigenvalue weighted by atomic mass is 10.1. The van der Waals surface area contributed by atoms with Crippen molar-refractivity contribution in [1.29, 1.82) is 0 Å². The number of carbonyl (C=O) groups excluding carboxylic acids is 1. The number of hydrogen-bond donors (Lipinski definition) is 1. The Morgan fingerprint density at radius 2 is 1.84 bits per heavy atom. The maximum absolute atomic E-state index is 12.6. The lowest BCUT2D eigenvalue weighted by Crippen LogP contribution is -2.40. The Morgan fingerprint density at radius 1 is 1.16 bits per heavy atom. The molecule has 1 aliphatic rings. The fourth-order valence-corrected chi connectivity index (χ4v) is 6.12. The van der Waals surface area contributed by atoms with E-state index in [0.29, 0.717) is 12.2 Å². The van der Waals surface area contributed by atoms with Gasteiger partial charge in [-0.2, -0.15) is 5.10 Å². The molecule has 1 N–H and O–H groups in total. The first-order chi connectivity index (χ1) is 14.9. The Labute approximate surface area is 187 Å². The van der Waals surface area contributed by atoms with E-state index in [9.17, 15) is 13.2 Å². The lowest BCUT2D eigenvalue weighted by Gasteiger charge is -2.15. The fraction of sp³-hybridized carbons (Fsp3) is 0.304. The second-order valence-corrected chi connectivity index (χ2v) is 11.3. The van der Waals surface area contributed by atoms with E-state index < -0.39 is 9.84 Å². The van der Waals surface area contributed by atoms with E-state index in [1.54, 1.807) is 0 Å². The number of sulfone groups is 1. The molecule has 3 aromatic rings. The van der Waals surface area contributed by atoms with E-state index in [-0.39, 0.29) is 28.7 Å². The molecule has 2 unspecified atom stereocenters. The summed E-state index contributed by atoms with van der Waals surface area (Å²) in [5.74, 6) is 0.689. The van der Waals surface area contributed by atoms with Gasteiger partial charge in [0.15, 0.2) is 9.84 Å². The topological polar surface area (TPSA) is 81.1 Å². The minimum absolute atomic E-state index is 0.0398. The molecular weight excluding hydrogens is 430 g/mol. The Balaban J connectivity index is 1.48. The van der Waals surface area contributed by atoms with Gasteiger partial charge in [0.2, 0.25) is 5.91 Å². The maximum Gasteiger partial charge on any atom is 0.233 e. The minimum atomic E-state index is -3.01. The zero-order valence-electron chi connectivity index (χ0n) is 17.3. The van der Waals surface area contributed by atoms with Crippen LogP contribution in [-0.2, 0) is 20.4 Å². The number of para-hydroxylation sites is 1. The zero-order valence-corrected chi connectivity index (χ0v) is 18.9. The molecular formula is C23H25N3O3S2. The number of nitrogens with one attached hydrogen (secondary N) is 1. The largest absolute Gasteiger partial charge is 0.351 e. The van der Waals surface area contributed by atoms with Crippen LogP contribution in [0.2, 0.25) is 0 Å². The van der Waals surface area contributed by atoms with E-state index in [0.717, 1.165) is 22.5 Å². The summed E-state index contributed by atoms with van der Waals surface area (Å²) in [6.45, 7) is 1.85. The van der Waals surface area contributed by atoms with Crippen LogP contribution in [0.25, 0.3) is 16.9 Å². The third-order valence-corrected chi connectivity index (χ3v) is 8.25. The molecule has 1 saturated heterocycles. The van der Waals surface area contributed by atoms with Crippen LogP contribution in [0.5, 0.6) is 0 Å². The van der Waals surface area contributed by atoms with E-state index in [2.05, 4.69) is 5.32 Å². The van der Waals surface area contributed by atoms with Gasteiger partial charge in [0, 0.05) is 29.1 Å². The molecule has 0 saturated carbocycles. The summed E-state index contributed by atoms with van der Waals surface area (Å²) in [5.41, 5.74) is 3.94. The van der Waals surface area contributed by atoms with Gasteiger partial charge in [-0.15, -0.1) is 11.8 Å². The van der Waals surface area contributed by atoms with Crippen LogP contribution in [-0.4, -0.2) is 46.9 Å².